The molecule has 0 saturated heterocycles. The highest BCUT2D eigenvalue weighted by molar-refractivity contribution is 6.28. The van der Waals surface area contributed by atoms with Gasteiger partial charge in [0.2, 0.25) is 0 Å². The van der Waals surface area contributed by atoms with Crippen LogP contribution in [0.15, 0.2) is 0 Å². The molecule has 36 valence electrons. The number of hydrogen-bond donors (Lipinski definition) is 1. The molecule has 6 heavy (non-hydrogen) atoms. The summed E-state index contributed by atoms with van der Waals surface area (Å²) in [5, 5.41) is 9.83. The number of halogens is 1. The first-order valence-electron chi connectivity index (χ1n) is 1.41. The van der Waals surface area contributed by atoms with Crippen LogP contribution in [0.5, 0.6) is 0 Å². The molecule has 0 bridgehead atoms. The lowest BCUT2D eigenvalue weighted by atomic mass is 11.3. The van der Waals surface area contributed by atoms with Crippen LogP contribution in [0.25, 0.3) is 0 Å². The molecule has 0 fully saturated rings. The van der Waals surface area contributed by atoms with Crippen LogP contribution in [0.4, 0.5) is 0 Å². The van der Waals surface area contributed by atoms with Crippen molar-refractivity contribution in [3.63, 3.8) is 0 Å². The van der Waals surface area contributed by atoms with Gasteiger partial charge in [-0.1, -0.05) is 0 Å². The van der Waals surface area contributed by atoms with E-state index in [9.17, 15) is 0 Å². The van der Waals surface area contributed by atoms with Crippen molar-refractivity contribution >= 4 is 11.6 Å². The summed E-state index contributed by atoms with van der Waals surface area (Å²) >= 11 is 4.30. The first-order chi connectivity index (χ1) is 2.83. The van der Waals surface area contributed by atoms with E-state index in [2.05, 4.69) is 16.9 Å². The summed E-state index contributed by atoms with van der Waals surface area (Å²) in [5.41, 5.74) is 1.22. The molecule has 0 aliphatic rings. The Hall–Kier alpha value is -0.260. The largest absolute Gasteiger partial charge is 0.323 e. The van der Waals surface area contributed by atoms with Gasteiger partial charge in [-0.25, -0.2) is 0 Å². The maximum absolute atomic E-state index is 7.08. The Labute approximate surface area is 42.7 Å². The zero-order valence-corrected chi connectivity index (χ0v) is 4.58. The molecule has 2 nitrogen and oxygen atoms in total. The molecular formula is C3H7ClN2. The molecule has 0 unspecified atom stereocenters. The predicted octanol–water partition coefficient (Wildman–Crippen LogP) is 0.542. The molecule has 0 rings (SSSR count). The predicted molar refractivity (Wildman–Crippen MR) is 26.4 cm³/mol. The van der Waals surface area contributed by atoms with Crippen molar-refractivity contribution < 1.29 is 0 Å². The second-order valence-corrected chi connectivity index (χ2v) is 0.754. The van der Waals surface area contributed by atoms with Gasteiger partial charge in [-0.2, -0.15) is 5.26 Å². The third-order valence-electron chi connectivity index (χ3n) is 0. The van der Waals surface area contributed by atoms with Crippen LogP contribution in [-0.4, -0.2) is 14.1 Å². The van der Waals surface area contributed by atoms with E-state index in [0.29, 0.717) is 0 Å². The van der Waals surface area contributed by atoms with Crippen LogP contribution in [0, 0.1) is 10.8 Å². The van der Waals surface area contributed by atoms with E-state index >= 15 is 0 Å². The highest BCUT2D eigenvalue weighted by Gasteiger charge is 1.25. The smallest absolute Gasteiger partial charge is 0.173 e. The Kier molecular flexibility index (Phi) is 33.7. The standard InChI is InChI=1S/C2H7N.CClN/c1-3-2;2-1-3/h3H,1-2H3;. The molecular weight excluding hydrogens is 99.5 g/mol. The summed E-state index contributed by atoms with van der Waals surface area (Å²) in [4.78, 5) is 0. The zero-order chi connectivity index (χ0) is 5.41. The van der Waals surface area contributed by atoms with Crippen LogP contribution >= 0.6 is 11.6 Å². The molecule has 0 aromatic rings. The van der Waals surface area contributed by atoms with Gasteiger partial charge >= 0.3 is 0 Å². The summed E-state index contributed by atoms with van der Waals surface area (Å²) in [6.07, 6.45) is 0. The second-order valence-electron chi connectivity index (χ2n) is 0.585. The minimum Gasteiger partial charge on any atom is -0.323 e. The minimum atomic E-state index is 1.22. The molecule has 1 N–H and O–H groups in total. The first kappa shape index (κ1) is 9.22. The van der Waals surface area contributed by atoms with E-state index < -0.39 is 0 Å². The Balaban J connectivity index is 0. The molecule has 0 radical (unpaired) electrons. The van der Waals surface area contributed by atoms with Gasteiger partial charge in [-0.3, -0.25) is 0 Å². The Morgan fingerprint density at radius 3 is 1.67 bits per heavy atom. The molecule has 0 spiro atoms. The van der Waals surface area contributed by atoms with Gasteiger partial charge < -0.3 is 5.32 Å². The third-order valence-corrected chi connectivity index (χ3v) is 0. The van der Waals surface area contributed by atoms with Gasteiger partial charge in [-0.05, 0) is 14.1 Å². The summed E-state index contributed by atoms with van der Waals surface area (Å²) in [7, 11) is 3.75. The Bertz CT molecular complexity index is 38.5. The fourth-order valence-electron chi connectivity index (χ4n) is 0. The molecule has 0 aliphatic heterocycles. The Morgan fingerprint density at radius 2 is 1.67 bits per heavy atom. The second kappa shape index (κ2) is 21.9. The zero-order valence-electron chi connectivity index (χ0n) is 3.83. The van der Waals surface area contributed by atoms with E-state index in [-0.39, 0.29) is 0 Å². The minimum absolute atomic E-state index is 1.22. The normalized spacial score (nSPS) is 4.33. The van der Waals surface area contributed by atoms with Crippen LogP contribution in [-0.2, 0) is 0 Å². The highest BCUT2D eigenvalue weighted by atomic mass is 35.5. The lowest BCUT2D eigenvalue weighted by molar-refractivity contribution is 1.02. The van der Waals surface area contributed by atoms with Gasteiger partial charge in [0, 0.05) is 11.6 Å². The van der Waals surface area contributed by atoms with E-state index in [4.69, 9.17) is 5.26 Å². The first-order valence-corrected chi connectivity index (χ1v) is 1.79. The van der Waals surface area contributed by atoms with Gasteiger partial charge in [0.1, 0.15) is 0 Å². The van der Waals surface area contributed by atoms with Crippen LogP contribution in [0.2, 0.25) is 0 Å². The highest BCUT2D eigenvalue weighted by Crippen LogP contribution is 1.49. The van der Waals surface area contributed by atoms with Crippen molar-refractivity contribution in [2.24, 2.45) is 0 Å². The quantitative estimate of drug-likeness (QED) is 0.489. The molecule has 0 aliphatic carbocycles. The van der Waals surface area contributed by atoms with Crippen molar-refractivity contribution in [1.82, 2.24) is 5.32 Å². The number of nitriles is 1. The molecule has 0 aromatic heterocycles. The van der Waals surface area contributed by atoms with Crippen LogP contribution in [0.3, 0.4) is 0 Å². The van der Waals surface area contributed by atoms with E-state index in [1.807, 2.05) is 14.1 Å². The lowest BCUT2D eigenvalue weighted by Crippen LogP contribution is -1.89. The third kappa shape index (κ3) is 415. The van der Waals surface area contributed by atoms with E-state index in [0.717, 1.165) is 0 Å². The van der Waals surface area contributed by atoms with E-state index in [1.165, 1.54) is 5.53 Å². The molecule has 0 aromatic carbocycles. The van der Waals surface area contributed by atoms with Gasteiger partial charge in [0.05, 0.1) is 0 Å². The van der Waals surface area contributed by atoms with Crippen molar-refractivity contribution in [1.29, 1.82) is 5.26 Å². The fraction of sp³-hybridized carbons (Fsp3) is 0.667. The molecule has 0 heterocycles. The van der Waals surface area contributed by atoms with E-state index in [1.54, 1.807) is 0 Å². The van der Waals surface area contributed by atoms with Crippen molar-refractivity contribution in [3.8, 4) is 5.53 Å². The molecule has 0 amide bonds. The van der Waals surface area contributed by atoms with Crippen molar-refractivity contribution in [3.05, 3.63) is 0 Å². The number of hydrogen-bond acceptors (Lipinski definition) is 2. The van der Waals surface area contributed by atoms with Gasteiger partial charge in [0.15, 0.2) is 5.53 Å². The molecule has 0 atom stereocenters. The van der Waals surface area contributed by atoms with Crippen molar-refractivity contribution in [2.75, 3.05) is 14.1 Å². The maximum Gasteiger partial charge on any atom is 0.173 e. The average Bonchev–Trinajstić information content (AvgIpc) is 1.39. The number of rotatable bonds is 0. The average molecular weight is 107 g/mol. The van der Waals surface area contributed by atoms with Gasteiger partial charge in [-0.15, -0.1) is 0 Å². The van der Waals surface area contributed by atoms with Gasteiger partial charge in [0.25, 0.3) is 0 Å². The van der Waals surface area contributed by atoms with Crippen molar-refractivity contribution in [2.45, 2.75) is 0 Å². The summed E-state index contributed by atoms with van der Waals surface area (Å²) in [6.45, 7) is 0. The fourth-order valence-corrected chi connectivity index (χ4v) is 0. The SMILES string of the molecule is CNC.N#CCl. The summed E-state index contributed by atoms with van der Waals surface area (Å²) in [5.74, 6) is 0. The molecule has 0 saturated carbocycles. The van der Waals surface area contributed by atoms with Crippen LogP contribution in [0.1, 0.15) is 0 Å². The summed E-state index contributed by atoms with van der Waals surface area (Å²) in [6, 6.07) is 0. The number of nitrogens with zero attached hydrogens (tertiary/aromatic N) is 1. The maximum atomic E-state index is 7.08. The number of nitrogens with one attached hydrogen (secondary N) is 1. The molecule has 3 heteroatoms. The Morgan fingerprint density at radius 1 is 1.67 bits per heavy atom. The topological polar surface area (TPSA) is 35.8 Å². The monoisotopic (exact) mass is 106 g/mol. The summed E-state index contributed by atoms with van der Waals surface area (Å²) < 4.78 is 0. The lowest BCUT2D eigenvalue weighted by Gasteiger charge is -1.59. The van der Waals surface area contributed by atoms with Crippen LogP contribution < -0.4 is 5.32 Å².